The van der Waals surface area contributed by atoms with Crippen LogP contribution in [0.5, 0.6) is 0 Å². The van der Waals surface area contributed by atoms with Crippen LogP contribution in [0.4, 0.5) is 5.69 Å². The molecule has 0 spiro atoms. The highest BCUT2D eigenvalue weighted by molar-refractivity contribution is 6.34. The number of halogens is 2. The second-order valence-corrected chi connectivity index (χ2v) is 5.09. The van der Waals surface area contributed by atoms with E-state index in [1.165, 1.54) is 16.6 Å². The quantitative estimate of drug-likeness (QED) is 0.420. The first kappa shape index (κ1) is 13.8. The van der Waals surface area contributed by atoms with Gasteiger partial charge in [0.05, 0.1) is 11.1 Å². The molecule has 0 fully saturated rings. The minimum Gasteiger partial charge on any atom is -0.258 e. The summed E-state index contributed by atoms with van der Waals surface area (Å²) < 4.78 is 1.49. The molecule has 0 atom stereocenters. The molecule has 3 rings (SSSR count). The van der Waals surface area contributed by atoms with Gasteiger partial charge in [0.25, 0.3) is 5.69 Å². The van der Waals surface area contributed by atoms with Crippen molar-refractivity contribution >= 4 is 34.5 Å². The van der Waals surface area contributed by atoms with Crippen molar-refractivity contribution in [2.45, 2.75) is 6.42 Å². The average molecular weight is 323 g/mol. The first-order valence-electron chi connectivity index (χ1n) is 5.97. The van der Waals surface area contributed by atoms with Crippen LogP contribution in [-0.4, -0.2) is 19.5 Å². The minimum atomic E-state index is -0.443. The maximum atomic E-state index is 10.6. The van der Waals surface area contributed by atoms with Crippen LogP contribution in [0.1, 0.15) is 11.1 Å². The number of nitro groups is 1. The summed E-state index contributed by atoms with van der Waals surface area (Å²) in [6, 6.07) is 7.91. The van der Waals surface area contributed by atoms with E-state index in [2.05, 4.69) is 10.1 Å². The predicted octanol–water partition coefficient (Wildman–Crippen LogP) is 3.54. The molecule has 0 aliphatic carbocycles. The van der Waals surface area contributed by atoms with E-state index >= 15 is 0 Å². The van der Waals surface area contributed by atoms with Crippen molar-refractivity contribution in [3.05, 3.63) is 68.1 Å². The van der Waals surface area contributed by atoms with Crippen molar-refractivity contribution in [1.82, 2.24) is 14.6 Å². The fourth-order valence-electron chi connectivity index (χ4n) is 2.00. The smallest absolute Gasteiger partial charge is 0.258 e. The van der Waals surface area contributed by atoms with Gasteiger partial charge >= 0.3 is 0 Å². The molecule has 3 aromatic rings. The highest BCUT2D eigenvalue weighted by Crippen LogP contribution is 2.27. The Balaban J connectivity index is 1.99. The topological polar surface area (TPSA) is 73.3 Å². The third-order valence-electron chi connectivity index (χ3n) is 3.05. The molecule has 21 heavy (non-hydrogen) atoms. The van der Waals surface area contributed by atoms with Crippen molar-refractivity contribution in [1.29, 1.82) is 0 Å². The molecule has 6 nitrogen and oxygen atoms in total. The van der Waals surface area contributed by atoms with Crippen LogP contribution in [0.25, 0.3) is 5.65 Å². The number of nitrogens with zero attached hydrogens (tertiary/aromatic N) is 4. The maximum Gasteiger partial charge on any atom is 0.269 e. The number of hydrogen-bond donors (Lipinski definition) is 0. The normalized spacial score (nSPS) is 11.0. The van der Waals surface area contributed by atoms with E-state index in [0.29, 0.717) is 27.9 Å². The third kappa shape index (κ3) is 2.55. The van der Waals surface area contributed by atoms with Gasteiger partial charge in [-0.05, 0) is 5.56 Å². The number of nitro benzene ring substituents is 1. The molecule has 0 radical (unpaired) electrons. The summed E-state index contributed by atoms with van der Waals surface area (Å²) in [5.41, 5.74) is 2.08. The van der Waals surface area contributed by atoms with Gasteiger partial charge in [-0.15, -0.1) is 0 Å². The summed E-state index contributed by atoms with van der Waals surface area (Å²) in [5.74, 6) is 0. The molecule has 0 amide bonds. The Labute approximate surface area is 129 Å². The predicted molar refractivity (Wildman–Crippen MR) is 78.9 cm³/mol. The summed E-state index contributed by atoms with van der Waals surface area (Å²) in [6.07, 6.45) is 2.00. The summed E-state index contributed by atoms with van der Waals surface area (Å²) in [7, 11) is 0. The van der Waals surface area contributed by atoms with Crippen LogP contribution in [0.3, 0.4) is 0 Å². The Morgan fingerprint density at radius 2 is 1.90 bits per heavy atom. The standard InChI is InChI=1S/C13H8Cl2N4O2/c14-12-10(13(15)18-11(17-12)5-6-16-18)7-8-1-3-9(4-2-8)19(20)21/h1-6H,7H2. The molecule has 0 aliphatic rings. The molecule has 2 aromatic heterocycles. The van der Waals surface area contributed by atoms with Gasteiger partial charge in [-0.2, -0.15) is 5.10 Å². The lowest BCUT2D eigenvalue weighted by molar-refractivity contribution is -0.384. The summed E-state index contributed by atoms with van der Waals surface area (Å²) in [5, 5.41) is 15.4. The van der Waals surface area contributed by atoms with E-state index in [-0.39, 0.29) is 5.69 Å². The van der Waals surface area contributed by atoms with Gasteiger partial charge in [-0.3, -0.25) is 10.1 Å². The van der Waals surface area contributed by atoms with Gasteiger partial charge in [0.15, 0.2) is 5.65 Å². The third-order valence-corrected chi connectivity index (χ3v) is 3.75. The fourth-order valence-corrected chi connectivity index (χ4v) is 2.58. The summed E-state index contributed by atoms with van der Waals surface area (Å²) in [6.45, 7) is 0. The lowest BCUT2D eigenvalue weighted by Gasteiger charge is -2.08. The van der Waals surface area contributed by atoms with Crippen LogP contribution in [0.2, 0.25) is 10.3 Å². The lowest BCUT2D eigenvalue weighted by Crippen LogP contribution is -2.01. The van der Waals surface area contributed by atoms with E-state index in [0.717, 1.165) is 5.56 Å². The van der Waals surface area contributed by atoms with E-state index in [9.17, 15) is 10.1 Å². The van der Waals surface area contributed by atoms with E-state index < -0.39 is 4.92 Å². The zero-order valence-corrected chi connectivity index (χ0v) is 12.0. The number of hydrogen-bond acceptors (Lipinski definition) is 4. The van der Waals surface area contributed by atoms with Crippen molar-refractivity contribution in [2.24, 2.45) is 0 Å². The second-order valence-electron chi connectivity index (χ2n) is 4.37. The molecule has 0 saturated heterocycles. The molecule has 106 valence electrons. The molecule has 1 aromatic carbocycles. The molecule has 0 aliphatic heterocycles. The number of fused-ring (bicyclic) bond motifs is 1. The highest BCUT2D eigenvalue weighted by atomic mass is 35.5. The van der Waals surface area contributed by atoms with Crippen molar-refractivity contribution in [3.63, 3.8) is 0 Å². The Kier molecular flexibility index (Phi) is 3.48. The monoisotopic (exact) mass is 322 g/mol. The number of rotatable bonds is 3. The molecular weight excluding hydrogens is 315 g/mol. The van der Waals surface area contributed by atoms with Gasteiger partial charge < -0.3 is 0 Å². The van der Waals surface area contributed by atoms with Crippen molar-refractivity contribution in [2.75, 3.05) is 0 Å². The minimum absolute atomic E-state index is 0.0385. The molecule has 2 heterocycles. The van der Waals surface area contributed by atoms with Crippen LogP contribution in [0.15, 0.2) is 36.5 Å². The van der Waals surface area contributed by atoms with E-state index in [4.69, 9.17) is 23.2 Å². The summed E-state index contributed by atoms with van der Waals surface area (Å²) in [4.78, 5) is 14.4. The zero-order valence-electron chi connectivity index (χ0n) is 10.5. The maximum absolute atomic E-state index is 10.6. The molecule has 0 saturated carbocycles. The second kappa shape index (κ2) is 5.31. The van der Waals surface area contributed by atoms with Crippen molar-refractivity contribution in [3.8, 4) is 0 Å². The van der Waals surface area contributed by atoms with Gasteiger partial charge in [0, 0.05) is 30.2 Å². The summed E-state index contributed by atoms with van der Waals surface area (Å²) >= 11 is 12.4. The van der Waals surface area contributed by atoms with Gasteiger partial charge in [0.2, 0.25) is 0 Å². The molecule has 0 N–H and O–H groups in total. The molecule has 8 heteroatoms. The Hall–Kier alpha value is -2.18. The first-order valence-corrected chi connectivity index (χ1v) is 6.73. The van der Waals surface area contributed by atoms with Crippen LogP contribution in [0, 0.1) is 10.1 Å². The Morgan fingerprint density at radius 1 is 1.19 bits per heavy atom. The van der Waals surface area contributed by atoms with Gasteiger partial charge in [-0.1, -0.05) is 35.3 Å². The van der Waals surface area contributed by atoms with Gasteiger partial charge in [-0.25, -0.2) is 9.50 Å². The number of benzene rings is 1. The van der Waals surface area contributed by atoms with Crippen LogP contribution < -0.4 is 0 Å². The molecular formula is C13H8Cl2N4O2. The van der Waals surface area contributed by atoms with E-state index in [1.807, 2.05) is 0 Å². The van der Waals surface area contributed by atoms with Crippen LogP contribution in [-0.2, 0) is 6.42 Å². The van der Waals surface area contributed by atoms with Gasteiger partial charge in [0.1, 0.15) is 10.3 Å². The number of aromatic nitrogens is 3. The fraction of sp³-hybridized carbons (Fsp3) is 0.0769. The lowest BCUT2D eigenvalue weighted by atomic mass is 10.1. The highest BCUT2D eigenvalue weighted by Gasteiger charge is 2.14. The Morgan fingerprint density at radius 3 is 2.57 bits per heavy atom. The first-order chi connectivity index (χ1) is 10.1. The Bertz CT molecular complexity index is 830. The SMILES string of the molecule is O=[N+]([O-])c1ccc(Cc2c(Cl)nc3ccnn3c2Cl)cc1. The molecule has 0 unspecified atom stereocenters. The van der Waals surface area contributed by atoms with E-state index in [1.54, 1.807) is 24.4 Å². The van der Waals surface area contributed by atoms with Crippen LogP contribution >= 0.6 is 23.2 Å². The number of non-ortho nitro benzene ring substituents is 1. The molecule has 0 bridgehead atoms. The van der Waals surface area contributed by atoms with Crippen molar-refractivity contribution < 1.29 is 4.92 Å². The zero-order chi connectivity index (χ0) is 15.0. The average Bonchev–Trinajstić information content (AvgIpc) is 2.92. The largest absolute Gasteiger partial charge is 0.269 e.